The van der Waals surface area contributed by atoms with Crippen LogP contribution in [0.25, 0.3) is 0 Å². The van der Waals surface area contributed by atoms with Crippen LogP contribution in [0.1, 0.15) is 18.9 Å². The number of rotatable bonds is 3. The molecule has 0 bridgehead atoms. The minimum absolute atomic E-state index is 0.178. The molecule has 78 valence electrons. The summed E-state index contributed by atoms with van der Waals surface area (Å²) in [4.78, 5) is 0.361. The number of hydrogen-bond donors (Lipinski definition) is 1. The lowest BCUT2D eigenvalue weighted by Crippen LogP contribution is -2.08. The second-order valence-electron chi connectivity index (χ2n) is 3.34. The van der Waals surface area contributed by atoms with Gasteiger partial charge in [0.2, 0.25) is 0 Å². The Morgan fingerprint density at radius 2 is 2.00 bits per heavy atom. The van der Waals surface area contributed by atoms with E-state index in [9.17, 15) is 8.42 Å². The SMILES string of the molecule is CCCS(=O)(=O)c1cc(N)ccc1C. The van der Waals surface area contributed by atoms with Crippen LogP contribution in [0.5, 0.6) is 0 Å². The van der Waals surface area contributed by atoms with Crippen LogP contribution in [0.4, 0.5) is 5.69 Å². The zero-order valence-corrected chi connectivity index (χ0v) is 9.26. The van der Waals surface area contributed by atoms with E-state index in [1.54, 1.807) is 19.1 Å². The maximum Gasteiger partial charge on any atom is 0.178 e. The number of hydrogen-bond acceptors (Lipinski definition) is 3. The Morgan fingerprint density at radius 3 is 2.57 bits per heavy atom. The molecule has 0 saturated carbocycles. The standard InChI is InChI=1S/C10H15NO2S/c1-3-6-14(12,13)10-7-9(11)5-4-8(10)2/h4-5,7H,3,6,11H2,1-2H3. The van der Waals surface area contributed by atoms with Crippen molar-refractivity contribution in [1.82, 2.24) is 0 Å². The Bertz CT molecular complexity index is 424. The molecule has 3 nitrogen and oxygen atoms in total. The Labute approximate surface area is 84.9 Å². The summed E-state index contributed by atoms with van der Waals surface area (Å²) in [6.07, 6.45) is 0.622. The van der Waals surface area contributed by atoms with Crippen molar-refractivity contribution in [2.45, 2.75) is 25.2 Å². The summed E-state index contributed by atoms with van der Waals surface area (Å²) in [6, 6.07) is 4.97. The second kappa shape index (κ2) is 4.00. The zero-order chi connectivity index (χ0) is 10.8. The van der Waals surface area contributed by atoms with Crippen molar-refractivity contribution in [2.75, 3.05) is 11.5 Å². The highest BCUT2D eigenvalue weighted by Crippen LogP contribution is 2.19. The summed E-state index contributed by atoms with van der Waals surface area (Å²) < 4.78 is 23.5. The summed E-state index contributed by atoms with van der Waals surface area (Å²) in [5.41, 5.74) is 6.80. The fourth-order valence-electron chi connectivity index (χ4n) is 1.33. The lowest BCUT2D eigenvalue weighted by Gasteiger charge is -2.07. The first-order valence-electron chi connectivity index (χ1n) is 4.56. The van der Waals surface area contributed by atoms with Crippen LogP contribution < -0.4 is 5.73 Å². The topological polar surface area (TPSA) is 60.2 Å². The molecule has 0 saturated heterocycles. The van der Waals surface area contributed by atoms with E-state index in [2.05, 4.69) is 0 Å². The normalized spacial score (nSPS) is 11.6. The summed E-state index contributed by atoms with van der Waals surface area (Å²) in [5.74, 6) is 0.178. The molecular formula is C10H15NO2S. The molecule has 1 aromatic carbocycles. The minimum Gasteiger partial charge on any atom is -0.399 e. The molecule has 2 N–H and O–H groups in total. The molecule has 1 aromatic rings. The third-order valence-corrected chi connectivity index (χ3v) is 4.08. The molecule has 0 aliphatic heterocycles. The fraction of sp³-hybridized carbons (Fsp3) is 0.400. The molecule has 0 spiro atoms. The minimum atomic E-state index is -3.14. The van der Waals surface area contributed by atoms with E-state index < -0.39 is 9.84 Å². The maximum absolute atomic E-state index is 11.7. The predicted molar refractivity (Wildman–Crippen MR) is 57.9 cm³/mol. The van der Waals surface area contributed by atoms with Gasteiger partial charge in [0, 0.05) is 5.69 Å². The first-order chi connectivity index (χ1) is 6.47. The molecule has 0 radical (unpaired) electrons. The first kappa shape index (κ1) is 11.0. The van der Waals surface area contributed by atoms with E-state index >= 15 is 0 Å². The second-order valence-corrected chi connectivity index (χ2v) is 5.42. The van der Waals surface area contributed by atoms with Crippen molar-refractivity contribution in [3.05, 3.63) is 23.8 Å². The summed E-state index contributed by atoms with van der Waals surface area (Å²) in [6.45, 7) is 3.63. The van der Waals surface area contributed by atoms with Crippen LogP contribution in [0, 0.1) is 6.92 Å². The van der Waals surface area contributed by atoms with Crippen LogP contribution in [0.3, 0.4) is 0 Å². The Balaban J connectivity index is 3.25. The van der Waals surface area contributed by atoms with Gasteiger partial charge in [-0.25, -0.2) is 8.42 Å². The van der Waals surface area contributed by atoms with Crippen LogP contribution in [0.2, 0.25) is 0 Å². The quantitative estimate of drug-likeness (QED) is 0.778. The van der Waals surface area contributed by atoms with Gasteiger partial charge in [-0.1, -0.05) is 13.0 Å². The molecule has 0 aliphatic rings. The van der Waals surface area contributed by atoms with Gasteiger partial charge in [0.25, 0.3) is 0 Å². The van der Waals surface area contributed by atoms with Gasteiger partial charge >= 0.3 is 0 Å². The molecule has 0 amide bonds. The number of sulfone groups is 1. The largest absolute Gasteiger partial charge is 0.399 e. The number of nitrogen functional groups attached to an aromatic ring is 1. The fourth-order valence-corrected chi connectivity index (χ4v) is 2.96. The number of benzene rings is 1. The summed E-state index contributed by atoms with van der Waals surface area (Å²) in [7, 11) is -3.14. The van der Waals surface area contributed by atoms with Crippen molar-refractivity contribution in [1.29, 1.82) is 0 Å². The Hall–Kier alpha value is -1.03. The van der Waals surface area contributed by atoms with Crippen molar-refractivity contribution in [3.63, 3.8) is 0 Å². The number of anilines is 1. The lowest BCUT2D eigenvalue weighted by molar-refractivity contribution is 0.594. The Kier molecular flexibility index (Phi) is 3.16. The molecule has 0 heterocycles. The van der Waals surface area contributed by atoms with E-state index in [4.69, 9.17) is 5.73 Å². The third-order valence-electron chi connectivity index (χ3n) is 2.02. The zero-order valence-electron chi connectivity index (χ0n) is 8.45. The Morgan fingerprint density at radius 1 is 1.36 bits per heavy atom. The maximum atomic E-state index is 11.7. The van der Waals surface area contributed by atoms with Gasteiger partial charge in [0.15, 0.2) is 9.84 Å². The van der Waals surface area contributed by atoms with Gasteiger partial charge in [-0.3, -0.25) is 0 Å². The van der Waals surface area contributed by atoms with Crippen LogP contribution in [-0.4, -0.2) is 14.2 Å². The number of nitrogens with two attached hydrogens (primary N) is 1. The van der Waals surface area contributed by atoms with Gasteiger partial charge in [0.1, 0.15) is 0 Å². The molecule has 0 aromatic heterocycles. The van der Waals surface area contributed by atoms with E-state index in [-0.39, 0.29) is 5.75 Å². The average Bonchev–Trinajstić information content (AvgIpc) is 2.09. The van der Waals surface area contributed by atoms with Crippen molar-refractivity contribution in [2.24, 2.45) is 0 Å². The smallest absolute Gasteiger partial charge is 0.178 e. The molecule has 0 aliphatic carbocycles. The van der Waals surface area contributed by atoms with Crippen LogP contribution >= 0.6 is 0 Å². The monoisotopic (exact) mass is 213 g/mol. The van der Waals surface area contributed by atoms with E-state index in [0.29, 0.717) is 17.0 Å². The summed E-state index contributed by atoms with van der Waals surface area (Å²) >= 11 is 0. The predicted octanol–water partition coefficient (Wildman–Crippen LogP) is 1.76. The molecule has 4 heteroatoms. The van der Waals surface area contributed by atoms with Gasteiger partial charge in [-0.2, -0.15) is 0 Å². The van der Waals surface area contributed by atoms with Gasteiger partial charge < -0.3 is 5.73 Å². The van der Waals surface area contributed by atoms with E-state index in [1.807, 2.05) is 6.92 Å². The number of aryl methyl sites for hydroxylation is 1. The highest BCUT2D eigenvalue weighted by Gasteiger charge is 2.15. The molecule has 0 atom stereocenters. The molecule has 0 fully saturated rings. The van der Waals surface area contributed by atoms with Crippen LogP contribution in [0.15, 0.2) is 23.1 Å². The molecular weight excluding hydrogens is 198 g/mol. The average molecular weight is 213 g/mol. The molecule has 0 unspecified atom stereocenters. The first-order valence-corrected chi connectivity index (χ1v) is 6.21. The molecule has 1 rings (SSSR count). The third kappa shape index (κ3) is 2.26. The van der Waals surface area contributed by atoms with Crippen molar-refractivity contribution < 1.29 is 8.42 Å². The molecule has 14 heavy (non-hydrogen) atoms. The lowest BCUT2D eigenvalue weighted by atomic mass is 10.2. The van der Waals surface area contributed by atoms with Gasteiger partial charge in [-0.05, 0) is 31.0 Å². The summed E-state index contributed by atoms with van der Waals surface area (Å²) in [5, 5.41) is 0. The van der Waals surface area contributed by atoms with E-state index in [0.717, 1.165) is 5.56 Å². The van der Waals surface area contributed by atoms with Crippen LogP contribution in [-0.2, 0) is 9.84 Å². The van der Waals surface area contributed by atoms with E-state index in [1.165, 1.54) is 6.07 Å². The van der Waals surface area contributed by atoms with Crippen molar-refractivity contribution in [3.8, 4) is 0 Å². The van der Waals surface area contributed by atoms with Gasteiger partial charge in [-0.15, -0.1) is 0 Å². The van der Waals surface area contributed by atoms with Crippen molar-refractivity contribution >= 4 is 15.5 Å². The highest BCUT2D eigenvalue weighted by molar-refractivity contribution is 7.91. The van der Waals surface area contributed by atoms with Gasteiger partial charge in [0.05, 0.1) is 10.6 Å². The highest BCUT2D eigenvalue weighted by atomic mass is 32.2.